The highest BCUT2D eigenvalue weighted by Gasteiger charge is 2.36. The summed E-state index contributed by atoms with van der Waals surface area (Å²) in [7, 11) is 0. The van der Waals surface area contributed by atoms with Crippen LogP contribution >= 0.6 is 0 Å². The molecular formula is C12H21N3. The standard InChI is InChI=1S/C12H21N3/c1-10(2)15-9-14-7-11(15)6-13-8-12(3)4-5-12/h7,9-10,13H,4-6,8H2,1-3H3. The second kappa shape index (κ2) is 3.97. The molecule has 1 saturated carbocycles. The third-order valence-corrected chi connectivity index (χ3v) is 3.26. The fraction of sp³-hybridized carbons (Fsp3) is 0.750. The molecule has 2 rings (SSSR count). The highest BCUT2D eigenvalue weighted by Crippen LogP contribution is 2.44. The monoisotopic (exact) mass is 207 g/mol. The summed E-state index contributed by atoms with van der Waals surface area (Å²) in [5.74, 6) is 0. The van der Waals surface area contributed by atoms with Crippen LogP contribution in [0.2, 0.25) is 0 Å². The van der Waals surface area contributed by atoms with E-state index in [1.54, 1.807) is 0 Å². The van der Waals surface area contributed by atoms with Gasteiger partial charge in [0.05, 0.1) is 12.0 Å². The van der Waals surface area contributed by atoms with Crippen LogP contribution in [-0.4, -0.2) is 16.1 Å². The maximum Gasteiger partial charge on any atom is 0.0951 e. The second-order valence-corrected chi connectivity index (χ2v) is 5.30. The summed E-state index contributed by atoms with van der Waals surface area (Å²) in [5.41, 5.74) is 1.87. The summed E-state index contributed by atoms with van der Waals surface area (Å²) in [4.78, 5) is 4.20. The average molecular weight is 207 g/mol. The Balaban J connectivity index is 1.84. The molecule has 0 aromatic carbocycles. The molecule has 1 aliphatic carbocycles. The van der Waals surface area contributed by atoms with Crippen molar-refractivity contribution < 1.29 is 0 Å². The zero-order valence-electron chi connectivity index (χ0n) is 9.95. The molecule has 1 heterocycles. The SMILES string of the molecule is CC(C)n1cncc1CNCC1(C)CC1. The van der Waals surface area contributed by atoms with E-state index < -0.39 is 0 Å². The number of aromatic nitrogens is 2. The van der Waals surface area contributed by atoms with E-state index in [9.17, 15) is 0 Å². The normalized spacial score (nSPS) is 18.4. The predicted molar refractivity (Wildman–Crippen MR) is 61.7 cm³/mol. The second-order valence-electron chi connectivity index (χ2n) is 5.30. The largest absolute Gasteiger partial charge is 0.331 e. The molecule has 1 aromatic heterocycles. The highest BCUT2D eigenvalue weighted by atomic mass is 15.1. The molecule has 1 aromatic rings. The van der Waals surface area contributed by atoms with Crippen LogP contribution < -0.4 is 5.32 Å². The van der Waals surface area contributed by atoms with Gasteiger partial charge in [-0.15, -0.1) is 0 Å². The van der Waals surface area contributed by atoms with Crippen LogP contribution in [0.4, 0.5) is 0 Å². The van der Waals surface area contributed by atoms with Crippen LogP contribution in [0.5, 0.6) is 0 Å². The van der Waals surface area contributed by atoms with E-state index in [4.69, 9.17) is 0 Å². The molecule has 3 nitrogen and oxygen atoms in total. The summed E-state index contributed by atoms with van der Waals surface area (Å²) in [5, 5.41) is 3.52. The minimum absolute atomic E-state index is 0.501. The first-order chi connectivity index (χ1) is 7.11. The summed E-state index contributed by atoms with van der Waals surface area (Å²) < 4.78 is 2.22. The molecule has 3 heteroatoms. The Kier molecular flexibility index (Phi) is 2.83. The quantitative estimate of drug-likeness (QED) is 0.803. The van der Waals surface area contributed by atoms with Crippen molar-refractivity contribution in [1.82, 2.24) is 14.9 Å². The Morgan fingerprint density at radius 2 is 2.27 bits per heavy atom. The first-order valence-electron chi connectivity index (χ1n) is 5.82. The van der Waals surface area contributed by atoms with E-state index in [0.29, 0.717) is 11.5 Å². The maximum atomic E-state index is 4.20. The van der Waals surface area contributed by atoms with Gasteiger partial charge in [-0.1, -0.05) is 6.92 Å². The zero-order valence-corrected chi connectivity index (χ0v) is 9.95. The van der Waals surface area contributed by atoms with Crippen molar-refractivity contribution in [2.24, 2.45) is 5.41 Å². The number of imidazole rings is 1. The molecule has 0 atom stereocenters. The Labute approximate surface area is 91.9 Å². The Morgan fingerprint density at radius 3 is 2.87 bits per heavy atom. The van der Waals surface area contributed by atoms with Gasteiger partial charge in [0.25, 0.3) is 0 Å². The molecular weight excluding hydrogens is 186 g/mol. The molecule has 0 aliphatic heterocycles. The Hall–Kier alpha value is -0.830. The lowest BCUT2D eigenvalue weighted by Crippen LogP contribution is -2.23. The van der Waals surface area contributed by atoms with Crippen molar-refractivity contribution >= 4 is 0 Å². The summed E-state index contributed by atoms with van der Waals surface area (Å²) in [6.45, 7) is 8.80. The summed E-state index contributed by atoms with van der Waals surface area (Å²) in [6.07, 6.45) is 6.63. The van der Waals surface area contributed by atoms with E-state index in [-0.39, 0.29) is 0 Å². The molecule has 0 amide bonds. The van der Waals surface area contributed by atoms with Crippen molar-refractivity contribution in [3.05, 3.63) is 18.2 Å². The molecule has 0 spiro atoms. The lowest BCUT2D eigenvalue weighted by Gasteiger charge is -2.14. The minimum atomic E-state index is 0.501. The van der Waals surface area contributed by atoms with E-state index >= 15 is 0 Å². The van der Waals surface area contributed by atoms with Gasteiger partial charge in [-0.2, -0.15) is 0 Å². The van der Waals surface area contributed by atoms with Crippen LogP contribution in [0.25, 0.3) is 0 Å². The molecule has 0 saturated heterocycles. The molecule has 1 aliphatic rings. The molecule has 0 unspecified atom stereocenters. The maximum absolute atomic E-state index is 4.20. The number of hydrogen-bond acceptors (Lipinski definition) is 2. The zero-order chi connectivity index (χ0) is 10.9. The van der Waals surface area contributed by atoms with Crippen LogP contribution in [0.15, 0.2) is 12.5 Å². The lowest BCUT2D eigenvalue weighted by molar-refractivity contribution is 0.481. The smallest absolute Gasteiger partial charge is 0.0951 e. The number of rotatable bonds is 5. The number of nitrogens with zero attached hydrogens (tertiary/aromatic N) is 2. The van der Waals surface area contributed by atoms with Crippen molar-refractivity contribution in [3.8, 4) is 0 Å². The summed E-state index contributed by atoms with van der Waals surface area (Å²) >= 11 is 0. The van der Waals surface area contributed by atoms with Gasteiger partial charge in [0, 0.05) is 25.3 Å². The number of hydrogen-bond donors (Lipinski definition) is 1. The predicted octanol–water partition coefficient (Wildman–Crippen LogP) is 2.35. The third-order valence-electron chi connectivity index (χ3n) is 3.26. The van der Waals surface area contributed by atoms with Gasteiger partial charge in [-0.25, -0.2) is 4.98 Å². The van der Waals surface area contributed by atoms with Gasteiger partial charge in [-0.05, 0) is 32.1 Å². The van der Waals surface area contributed by atoms with Crippen LogP contribution in [-0.2, 0) is 6.54 Å². The Bertz CT molecular complexity index is 323. The molecule has 1 fully saturated rings. The van der Waals surface area contributed by atoms with Crippen molar-refractivity contribution in [2.75, 3.05) is 6.54 Å². The first-order valence-corrected chi connectivity index (χ1v) is 5.82. The van der Waals surface area contributed by atoms with Gasteiger partial charge in [-0.3, -0.25) is 0 Å². The fourth-order valence-electron chi connectivity index (χ4n) is 1.82. The Morgan fingerprint density at radius 1 is 1.53 bits per heavy atom. The fourth-order valence-corrected chi connectivity index (χ4v) is 1.82. The van der Waals surface area contributed by atoms with Gasteiger partial charge in [0.15, 0.2) is 0 Å². The topological polar surface area (TPSA) is 29.9 Å². The molecule has 0 bridgehead atoms. The van der Waals surface area contributed by atoms with Crippen molar-refractivity contribution in [1.29, 1.82) is 0 Å². The average Bonchev–Trinajstić information content (AvgIpc) is 2.74. The van der Waals surface area contributed by atoms with Gasteiger partial charge in [0.2, 0.25) is 0 Å². The highest BCUT2D eigenvalue weighted by molar-refractivity contribution is 5.00. The molecule has 84 valence electrons. The van der Waals surface area contributed by atoms with E-state index in [2.05, 4.69) is 35.6 Å². The van der Waals surface area contributed by atoms with Crippen molar-refractivity contribution in [2.45, 2.75) is 46.2 Å². The number of nitrogens with one attached hydrogen (secondary N) is 1. The third kappa shape index (κ3) is 2.59. The van der Waals surface area contributed by atoms with Gasteiger partial charge >= 0.3 is 0 Å². The van der Waals surface area contributed by atoms with Gasteiger partial charge in [0.1, 0.15) is 0 Å². The van der Waals surface area contributed by atoms with E-state index in [1.807, 2.05) is 12.5 Å². The molecule has 1 N–H and O–H groups in total. The van der Waals surface area contributed by atoms with Crippen LogP contribution in [0.3, 0.4) is 0 Å². The summed E-state index contributed by atoms with van der Waals surface area (Å²) in [6, 6.07) is 0.501. The van der Waals surface area contributed by atoms with Crippen LogP contribution in [0, 0.1) is 5.41 Å². The van der Waals surface area contributed by atoms with Crippen LogP contribution in [0.1, 0.15) is 45.3 Å². The minimum Gasteiger partial charge on any atom is -0.331 e. The molecule has 0 radical (unpaired) electrons. The van der Waals surface area contributed by atoms with E-state index in [0.717, 1.165) is 13.1 Å². The first kappa shape index (κ1) is 10.7. The van der Waals surface area contributed by atoms with Crippen molar-refractivity contribution in [3.63, 3.8) is 0 Å². The molecule has 15 heavy (non-hydrogen) atoms. The van der Waals surface area contributed by atoms with E-state index in [1.165, 1.54) is 18.5 Å². The lowest BCUT2D eigenvalue weighted by atomic mass is 10.1. The van der Waals surface area contributed by atoms with Gasteiger partial charge < -0.3 is 9.88 Å².